The molecule has 1 amide bonds. The van der Waals surface area contributed by atoms with Gasteiger partial charge in [0.15, 0.2) is 0 Å². The third-order valence-electron chi connectivity index (χ3n) is 2.12. The molecule has 0 bridgehead atoms. The molecule has 88 valence electrons. The molecular formula is C11H14FNO3. The van der Waals surface area contributed by atoms with Gasteiger partial charge in [0.25, 0.3) is 0 Å². The van der Waals surface area contributed by atoms with Gasteiger partial charge in [0.05, 0.1) is 5.60 Å². The molecule has 1 aromatic rings. The highest BCUT2D eigenvalue weighted by atomic mass is 19.1. The molecule has 16 heavy (non-hydrogen) atoms. The van der Waals surface area contributed by atoms with Crippen molar-refractivity contribution >= 4 is 6.09 Å². The number of benzene rings is 1. The predicted molar refractivity (Wildman–Crippen MR) is 56.8 cm³/mol. The average Bonchev–Trinajstić information content (AvgIpc) is 2.19. The Morgan fingerprint density at radius 2 is 2.00 bits per heavy atom. The summed E-state index contributed by atoms with van der Waals surface area (Å²) in [6.07, 6.45) is -0.924. The van der Waals surface area contributed by atoms with E-state index in [1.54, 1.807) is 12.1 Å². The molecule has 3 N–H and O–H groups in total. The zero-order valence-corrected chi connectivity index (χ0v) is 8.90. The van der Waals surface area contributed by atoms with Gasteiger partial charge in [-0.15, -0.1) is 0 Å². The molecule has 0 aliphatic heterocycles. The lowest BCUT2D eigenvalue weighted by atomic mass is 9.96. The topological polar surface area (TPSA) is 69.6 Å². The lowest BCUT2D eigenvalue weighted by molar-refractivity contribution is 0.0596. The van der Waals surface area contributed by atoms with Gasteiger partial charge in [-0.25, -0.2) is 9.18 Å². The fraction of sp³-hybridized carbons (Fsp3) is 0.364. The molecule has 0 saturated carbocycles. The molecule has 0 spiro atoms. The minimum atomic E-state index is -1.18. The minimum Gasteiger partial charge on any atom is -0.465 e. The zero-order valence-electron chi connectivity index (χ0n) is 8.90. The van der Waals surface area contributed by atoms with E-state index >= 15 is 0 Å². The molecule has 0 aliphatic carbocycles. The highest BCUT2D eigenvalue weighted by Gasteiger charge is 2.21. The lowest BCUT2D eigenvalue weighted by Gasteiger charge is -2.22. The fourth-order valence-corrected chi connectivity index (χ4v) is 1.37. The smallest absolute Gasteiger partial charge is 0.404 e. The zero-order chi connectivity index (χ0) is 12.2. The van der Waals surface area contributed by atoms with Crippen molar-refractivity contribution in [2.24, 2.45) is 0 Å². The van der Waals surface area contributed by atoms with E-state index < -0.39 is 11.7 Å². The van der Waals surface area contributed by atoms with Gasteiger partial charge >= 0.3 is 6.09 Å². The molecular weight excluding hydrogens is 213 g/mol. The van der Waals surface area contributed by atoms with Crippen molar-refractivity contribution in [1.82, 2.24) is 5.32 Å². The Morgan fingerprint density at radius 1 is 1.44 bits per heavy atom. The van der Waals surface area contributed by atoms with Crippen molar-refractivity contribution in [1.29, 1.82) is 0 Å². The third kappa shape index (κ3) is 4.27. The van der Waals surface area contributed by atoms with Crippen LogP contribution in [0.15, 0.2) is 24.3 Å². The maximum atomic E-state index is 12.6. The Bertz CT molecular complexity index is 362. The first kappa shape index (κ1) is 12.4. The number of carboxylic acid groups (broad SMARTS) is 1. The molecule has 1 rings (SSSR count). The maximum absolute atomic E-state index is 12.6. The van der Waals surface area contributed by atoms with Gasteiger partial charge < -0.3 is 15.5 Å². The molecule has 1 unspecified atom stereocenters. The second-order valence-electron chi connectivity index (χ2n) is 3.96. The molecule has 4 nitrogen and oxygen atoms in total. The number of halogens is 1. The summed E-state index contributed by atoms with van der Waals surface area (Å²) in [6.45, 7) is 1.45. The van der Waals surface area contributed by atoms with Gasteiger partial charge in [-0.2, -0.15) is 0 Å². The van der Waals surface area contributed by atoms with Gasteiger partial charge in [0.1, 0.15) is 5.82 Å². The number of hydrogen-bond acceptors (Lipinski definition) is 2. The monoisotopic (exact) mass is 227 g/mol. The largest absolute Gasteiger partial charge is 0.465 e. The second-order valence-corrected chi connectivity index (χ2v) is 3.96. The Labute approximate surface area is 92.7 Å². The van der Waals surface area contributed by atoms with Crippen LogP contribution in [0.5, 0.6) is 0 Å². The van der Waals surface area contributed by atoms with Gasteiger partial charge in [-0.05, 0) is 24.6 Å². The van der Waals surface area contributed by atoms with E-state index in [2.05, 4.69) is 5.32 Å². The van der Waals surface area contributed by atoms with Crippen molar-refractivity contribution in [3.63, 3.8) is 0 Å². The number of rotatable bonds is 4. The van der Waals surface area contributed by atoms with Crippen molar-refractivity contribution in [2.45, 2.75) is 18.9 Å². The summed E-state index contributed by atoms with van der Waals surface area (Å²) >= 11 is 0. The van der Waals surface area contributed by atoms with Crippen molar-refractivity contribution < 1.29 is 19.4 Å². The summed E-state index contributed by atoms with van der Waals surface area (Å²) < 4.78 is 12.6. The van der Waals surface area contributed by atoms with Crippen LogP contribution >= 0.6 is 0 Å². The Kier molecular flexibility index (Phi) is 3.84. The molecule has 0 heterocycles. The fourth-order valence-electron chi connectivity index (χ4n) is 1.37. The minimum absolute atomic E-state index is 0.0697. The summed E-state index contributed by atoms with van der Waals surface area (Å²) in [5.74, 6) is -0.341. The van der Waals surface area contributed by atoms with E-state index in [-0.39, 0.29) is 18.8 Å². The van der Waals surface area contributed by atoms with E-state index in [4.69, 9.17) is 5.11 Å². The van der Waals surface area contributed by atoms with E-state index in [0.29, 0.717) is 0 Å². The molecule has 0 saturated heterocycles. The lowest BCUT2D eigenvalue weighted by Crippen LogP contribution is -2.41. The van der Waals surface area contributed by atoms with Crippen LogP contribution in [0.25, 0.3) is 0 Å². The first-order valence-electron chi connectivity index (χ1n) is 4.83. The van der Waals surface area contributed by atoms with Crippen LogP contribution in [0, 0.1) is 5.82 Å². The highest BCUT2D eigenvalue weighted by molar-refractivity contribution is 5.64. The van der Waals surface area contributed by atoms with Crippen LogP contribution < -0.4 is 5.32 Å². The summed E-state index contributed by atoms with van der Waals surface area (Å²) in [7, 11) is 0. The van der Waals surface area contributed by atoms with E-state index in [9.17, 15) is 14.3 Å². The van der Waals surface area contributed by atoms with Crippen molar-refractivity contribution in [2.75, 3.05) is 6.54 Å². The van der Waals surface area contributed by atoms with Crippen LogP contribution in [0.4, 0.5) is 9.18 Å². The Balaban J connectivity index is 2.57. The number of aliphatic hydroxyl groups is 1. The normalized spacial score (nSPS) is 14.2. The Morgan fingerprint density at radius 3 is 2.50 bits per heavy atom. The molecule has 0 fully saturated rings. The van der Waals surface area contributed by atoms with Crippen LogP contribution in [0.2, 0.25) is 0 Å². The van der Waals surface area contributed by atoms with Gasteiger partial charge in [-0.3, -0.25) is 0 Å². The second kappa shape index (κ2) is 4.94. The molecule has 0 aromatic heterocycles. The third-order valence-corrected chi connectivity index (χ3v) is 2.12. The van der Waals surface area contributed by atoms with Gasteiger partial charge in [0.2, 0.25) is 0 Å². The van der Waals surface area contributed by atoms with Crippen molar-refractivity contribution in [3.05, 3.63) is 35.6 Å². The standard InChI is InChI=1S/C11H14FNO3/c1-11(16,7-13-10(14)15)6-8-2-4-9(12)5-3-8/h2-5,13,16H,6-7H2,1H3,(H,14,15). The molecule has 5 heteroatoms. The van der Waals surface area contributed by atoms with Crippen LogP contribution in [0.3, 0.4) is 0 Å². The maximum Gasteiger partial charge on any atom is 0.404 e. The highest BCUT2D eigenvalue weighted by Crippen LogP contribution is 2.13. The number of carbonyl (C=O) groups is 1. The predicted octanol–water partition coefficient (Wildman–Crippen LogP) is 1.39. The summed E-state index contributed by atoms with van der Waals surface area (Å²) in [5, 5.41) is 20.4. The number of hydrogen-bond donors (Lipinski definition) is 3. The SMILES string of the molecule is CC(O)(CNC(=O)O)Cc1ccc(F)cc1. The average molecular weight is 227 g/mol. The van der Waals surface area contributed by atoms with Crippen molar-refractivity contribution in [3.8, 4) is 0 Å². The molecule has 1 atom stereocenters. The summed E-state index contributed by atoms with van der Waals surface area (Å²) in [4.78, 5) is 10.3. The quantitative estimate of drug-likeness (QED) is 0.728. The van der Waals surface area contributed by atoms with E-state index in [1.165, 1.54) is 19.1 Å². The summed E-state index contributed by atoms with van der Waals surface area (Å²) in [6, 6.07) is 5.72. The summed E-state index contributed by atoms with van der Waals surface area (Å²) in [5.41, 5.74) is -0.436. The van der Waals surface area contributed by atoms with E-state index in [0.717, 1.165) is 5.56 Å². The van der Waals surface area contributed by atoms with Crippen LogP contribution in [-0.4, -0.2) is 28.5 Å². The molecule has 0 radical (unpaired) electrons. The van der Waals surface area contributed by atoms with E-state index in [1.807, 2.05) is 0 Å². The van der Waals surface area contributed by atoms with Gasteiger partial charge in [0, 0.05) is 13.0 Å². The van der Waals surface area contributed by atoms with Gasteiger partial charge in [-0.1, -0.05) is 12.1 Å². The number of amides is 1. The van der Waals surface area contributed by atoms with Crippen LogP contribution in [0.1, 0.15) is 12.5 Å². The molecule has 1 aromatic carbocycles. The number of nitrogens with one attached hydrogen (secondary N) is 1. The Hall–Kier alpha value is -1.62. The first-order valence-corrected chi connectivity index (χ1v) is 4.83. The molecule has 0 aliphatic rings. The van der Waals surface area contributed by atoms with Crippen LogP contribution in [-0.2, 0) is 6.42 Å². The first-order chi connectivity index (χ1) is 7.39.